The molecule has 2 heterocycles. The molecule has 0 radical (unpaired) electrons. The first-order valence-electron chi connectivity index (χ1n) is 6.68. The van der Waals surface area contributed by atoms with E-state index in [-0.39, 0.29) is 6.04 Å². The van der Waals surface area contributed by atoms with Crippen molar-refractivity contribution >= 4 is 27.7 Å². The van der Waals surface area contributed by atoms with Gasteiger partial charge in [-0.2, -0.15) is 0 Å². The number of benzene rings is 1. The lowest BCUT2D eigenvalue weighted by Crippen LogP contribution is -2.37. The Morgan fingerprint density at radius 2 is 1.95 bits per heavy atom. The van der Waals surface area contributed by atoms with Crippen LogP contribution < -0.4 is 5.32 Å². The van der Waals surface area contributed by atoms with Gasteiger partial charge in [-0.1, -0.05) is 42.1 Å². The lowest BCUT2D eigenvalue weighted by Gasteiger charge is -2.22. The summed E-state index contributed by atoms with van der Waals surface area (Å²) in [6, 6.07) is 11.2. The van der Waals surface area contributed by atoms with E-state index in [2.05, 4.69) is 29.6 Å². The first-order valence-corrected chi connectivity index (χ1v) is 9.16. The van der Waals surface area contributed by atoms with E-state index in [9.17, 15) is 4.21 Å². The van der Waals surface area contributed by atoms with Gasteiger partial charge in [0, 0.05) is 34.1 Å². The molecule has 1 fully saturated rings. The van der Waals surface area contributed by atoms with Crippen LogP contribution >= 0.6 is 11.8 Å². The fourth-order valence-corrected chi connectivity index (χ4v) is 4.75. The van der Waals surface area contributed by atoms with Gasteiger partial charge in [-0.05, 0) is 18.4 Å². The quantitative estimate of drug-likeness (QED) is 0.910. The molecular weight excluding hydrogens is 276 g/mol. The summed E-state index contributed by atoms with van der Waals surface area (Å²) in [5.41, 5.74) is 1.29. The monoisotopic (exact) mass is 294 g/mol. The zero-order valence-electron chi connectivity index (χ0n) is 10.7. The fourth-order valence-electron chi connectivity index (χ4n) is 2.41. The Hall–Kier alpha value is -0.810. The van der Waals surface area contributed by atoms with E-state index in [1.54, 1.807) is 11.8 Å². The molecule has 1 aromatic rings. The molecule has 19 heavy (non-hydrogen) atoms. The van der Waals surface area contributed by atoms with Crippen molar-refractivity contribution in [2.75, 3.05) is 17.3 Å². The van der Waals surface area contributed by atoms with Gasteiger partial charge in [0.05, 0.1) is 6.04 Å². The molecule has 2 aliphatic heterocycles. The molecule has 3 nitrogen and oxygen atoms in total. The average molecular weight is 294 g/mol. The lowest BCUT2D eigenvalue weighted by atomic mass is 10.1. The third-order valence-corrected chi connectivity index (χ3v) is 5.91. The minimum Gasteiger partial charge on any atom is -0.362 e. The van der Waals surface area contributed by atoms with E-state index in [4.69, 9.17) is 4.99 Å². The maximum atomic E-state index is 11.3. The largest absolute Gasteiger partial charge is 0.362 e. The summed E-state index contributed by atoms with van der Waals surface area (Å²) in [5.74, 6) is 2.68. The molecular formula is C14H18N2OS2. The van der Waals surface area contributed by atoms with Crippen molar-refractivity contribution in [2.45, 2.75) is 24.9 Å². The van der Waals surface area contributed by atoms with Crippen molar-refractivity contribution in [3.8, 4) is 0 Å². The Bertz CT molecular complexity index is 479. The molecule has 0 aliphatic carbocycles. The van der Waals surface area contributed by atoms with Crippen molar-refractivity contribution in [1.29, 1.82) is 0 Å². The van der Waals surface area contributed by atoms with Crippen molar-refractivity contribution < 1.29 is 4.21 Å². The van der Waals surface area contributed by atoms with Crippen LogP contribution in [-0.2, 0) is 10.8 Å². The van der Waals surface area contributed by atoms with Gasteiger partial charge >= 0.3 is 0 Å². The van der Waals surface area contributed by atoms with Crippen molar-refractivity contribution in [2.24, 2.45) is 4.99 Å². The van der Waals surface area contributed by atoms with Gasteiger partial charge in [0.25, 0.3) is 0 Å². The maximum Gasteiger partial charge on any atom is 0.157 e. The Labute approximate surface area is 120 Å². The molecule has 102 valence electrons. The van der Waals surface area contributed by atoms with Gasteiger partial charge in [0.15, 0.2) is 5.17 Å². The van der Waals surface area contributed by atoms with Crippen LogP contribution in [-0.4, -0.2) is 32.7 Å². The Kier molecular flexibility index (Phi) is 4.23. The number of rotatable bonds is 2. The van der Waals surface area contributed by atoms with Gasteiger partial charge in [0.1, 0.15) is 0 Å². The normalized spacial score (nSPS) is 30.9. The molecule has 1 aromatic carbocycles. The van der Waals surface area contributed by atoms with Gasteiger partial charge < -0.3 is 5.32 Å². The van der Waals surface area contributed by atoms with E-state index in [1.807, 2.05) is 6.07 Å². The highest BCUT2D eigenvalue weighted by Gasteiger charge is 2.23. The van der Waals surface area contributed by atoms with E-state index < -0.39 is 10.8 Å². The SMILES string of the molecule is O=S1CCC(NC2=NC(c3ccccc3)CS2)CC1. The second kappa shape index (κ2) is 6.09. The van der Waals surface area contributed by atoms with E-state index in [1.165, 1.54) is 5.56 Å². The summed E-state index contributed by atoms with van der Waals surface area (Å²) in [4.78, 5) is 4.76. The van der Waals surface area contributed by atoms with Gasteiger partial charge in [-0.3, -0.25) is 9.20 Å². The summed E-state index contributed by atoms with van der Waals surface area (Å²) in [7, 11) is -0.587. The topological polar surface area (TPSA) is 41.5 Å². The zero-order chi connectivity index (χ0) is 13.1. The molecule has 5 heteroatoms. The minimum absolute atomic E-state index is 0.284. The van der Waals surface area contributed by atoms with E-state index in [0.29, 0.717) is 6.04 Å². The van der Waals surface area contributed by atoms with E-state index >= 15 is 0 Å². The first-order chi connectivity index (χ1) is 9.31. The Balaban J connectivity index is 1.59. The minimum atomic E-state index is -0.587. The summed E-state index contributed by atoms with van der Waals surface area (Å²) in [6.45, 7) is 0. The number of hydrogen-bond acceptors (Lipinski definition) is 4. The molecule has 1 N–H and O–H groups in total. The smallest absolute Gasteiger partial charge is 0.157 e. The van der Waals surface area contributed by atoms with Crippen molar-refractivity contribution in [3.63, 3.8) is 0 Å². The second-order valence-corrected chi connectivity index (χ2v) is 7.64. The van der Waals surface area contributed by atoms with Gasteiger partial charge in [0.2, 0.25) is 0 Å². The number of aliphatic imine (C=N–C) groups is 1. The number of nitrogens with zero attached hydrogens (tertiary/aromatic N) is 1. The summed E-state index contributed by atoms with van der Waals surface area (Å²) < 4.78 is 11.3. The highest BCUT2D eigenvalue weighted by atomic mass is 32.2. The lowest BCUT2D eigenvalue weighted by molar-refractivity contribution is 0.553. The highest BCUT2D eigenvalue weighted by Crippen LogP contribution is 2.29. The van der Waals surface area contributed by atoms with Crippen LogP contribution in [0.25, 0.3) is 0 Å². The molecule has 0 bridgehead atoms. The molecule has 0 amide bonds. The summed E-state index contributed by atoms with van der Waals surface area (Å²) in [6.07, 6.45) is 2.00. The van der Waals surface area contributed by atoms with Gasteiger partial charge in [-0.25, -0.2) is 0 Å². The van der Waals surface area contributed by atoms with Crippen molar-refractivity contribution in [3.05, 3.63) is 35.9 Å². The van der Waals surface area contributed by atoms with Gasteiger partial charge in [-0.15, -0.1) is 0 Å². The molecule has 0 saturated carbocycles. The van der Waals surface area contributed by atoms with Crippen LogP contribution in [0.4, 0.5) is 0 Å². The summed E-state index contributed by atoms with van der Waals surface area (Å²) in [5, 5.41) is 4.58. The van der Waals surface area contributed by atoms with Crippen LogP contribution in [0.3, 0.4) is 0 Å². The van der Waals surface area contributed by atoms with E-state index in [0.717, 1.165) is 35.3 Å². The zero-order valence-corrected chi connectivity index (χ0v) is 12.4. The molecule has 0 spiro atoms. The molecule has 1 atom stereocenters. The molecule has 0 aromatic heterocycles. The number of hydrogen-bond donors (Lipinski definition) is 1. The Morgan fingerprint density at radius 3 is 2.68 bits per heavy atom. The van der Waals surface area contributed by atoms with Crippen LogP contribution in [0.5, 0.6) is 0 Å². The van der Waals surface area contributed by atoms with Crippen LogP contribution in [0.15, 0.2) is 35.3 Å². The predicted molar refractivity (Wildman–Crippen MR) is 83.1 cm³/mol. The number of thioether (sulfide) groups is 1. The van der Waals surface area contributed by atoms with Crippen LogP contribution in [0.1, 0.15) is 24.4 Å². The first kappa shape index (κ1) is 13.2. The molecule has 2 aliphatic rings. The number of nitrogens with one attached hydrogen (secondary N) is 1. The molecule has 1 saturated heterocycles. The molecule has 3 rings (SSSR count). The standard InChI is InChI=1S/C14H18N2OS2/c17-19-8-6-12(7-9-19)15-14-16-13(10-18-14)11-4-2-1-3-5-11/h1-5,12-13H,6-10H2,(H,15,16). The second-order valence-electron chi connectivity index (χ2n) is 4.94. The maximum absolute atomic E-state index is 11.3. The summed E-state index contributed by atoms with van der Waals surface area (Å²) >= 11 is 1.80. The Morgan fingerprint density at radius 1 is 1.21 bits per heavy atom. The van der Waals surface area contributed by atoms with Crippen LogP contribution in [0, 0.1) is 0 Å². The number of amidine groups is 1. The predicted octanol–water partition coefficient (Wildman–Crippen LogP) is 2.33. The third-order valence-electron chi connectivity index (χ3n) is 3.55. The molecule has 1 unspecified atom stereocenters. The van der Waals surface area contributed by atoms with Crippen LogP contribution in [0.2, 0.25) is 0 Å². The average Bonchev–Trinajstić information content (AvgIpc) is 2.91. The third kappa shape index (κ3) is 3.39. The fraction of sp³-hybridized carbons (Fsp3) is 0.500. The highest BCUT2D eigenvalue weighted by molar-refractivity contribution is 8.14. The van der Waals surface area contributed by atoms with Crippen molar-refractivity contribution in [1.82, 2.24) is 5.32 Å².